The summed E-state index contributed by atoms with van der Waals surface area (Å²) in [6.07, 6.45) is 1.80. The van der Waals surface area contributed by atoms with Gasteiger partial charge in [0, 0.05) is 41.4 Å². The molecule has 4 rings (SSSR count). The monoisotopic (exact) mass is 412 g/mol. The zero-order chi connectivity index (χ0) is 20.9. The van der Waals surface area contributed by atoms with Crippen LogP contribution in [0.15, 0.2) is 18.3 Å². The number of hydrogen-bond acceptors (Lipinski definition) is 6. The van der Waals surface area contributed by atoms with Crippen molar-refractivity contribution in [1.82, 2.24) is 15.0 Å². The van der Waals surface area contributed by atoms with Crippen LogP contribution in [0.5, 0.6) is 11.5 Å². The Morgan fingerprint density at radius 1 is 1.03 bits per heavy atom. The Labute approximate surface area is 175 Å². The van der Waals surface area contributed by atoms with Gasteiger partial charge in [0.1, 0.15) is 17.3 Å². The fraction of sp³-hybridized carbons (Fsp3) is 0.409. The van der Waals surface area contributed by atoms with Crippen molar-refractivity contribution in [1.29, 1.82) is 0 Å². The maximum absolute atomic E-state index is 6.69. The van der Waals surface area contributed by atoms with E-state index in [9.17, 15) is 0 Å². The predicted molar refractivity (Wildman–Crippen MR) is 116 cm³/mol. The third kappa shape index (κ3) is 3.35. The first-order chi connectivity index (χ1) is 13.7. The standard InChI is InChI=1S/C22H25ClN4O2/c1-12-7-14-15(9-24-12)25-20(26-21(14)27-10-22(3,4)11-27)18-13(2)16(28-5)8-17(29-6)19(18)23/h7-9H,10-11H2,1-6H3. The Hall–Kier alpha value is -2.60. The summed E-state index contributed by atoms with van der Waals surface area (Å²) in [6, 6.07) is 3.83. The van der Waals surface area contributed by atoms with Crippen LogP contribution >= 0.6 is 11.6 Å². The molecule has 3 heterocycles. The number of fused-ring (bicyclic) bond motifs is 1. The number of hydrogen-bond donors (Lipinski definition) is 0. The maximum Gasteiger partial charge on any atom is 0.164 e. The molecule has 1 saturated heterocycles. The molecule has 3 aromatic rings. The number of methoxy groups -OCH3 is 2. The van der Waals surface area contributed by atoms with Gasteiger partial charge >= 0.3 is 0 Å². The third-order valence-electron chi connectivity index (χ3n) is 5.34. The van der Waals surface area contributed by atoms with E-state index in [1.807, 2.05) is 19.9 Å². The Morgan fingerprint density at radius 3 is 2.34 bits per heavy atom. The lowest BCUT2D eigenvalue weighted by atomic mass is 9.84. The first-order valence-corrected chi connectivity index (χ1v) is 9.92. The van der Waals surface area contributed by atoms with E-state index in [4.69, 9.17) is 31.0 Å². The smallest absolute Gasteiger partial charge is 0.164 e. The maximum atomic E-state index is 6.69. The van der Waals surface area contributed by atoms with Crippen LogP contribution in [-0.2, 0) is 0 Å². The van der Waals surface area contributed by atoms with E-state index in [1.54, 1.807) is 26.5 Å². The number of aryl methyl sites for hydroxylation is 1. The highest BCUT2D eigenvalue weighted by molar-refractivity contribution is 6.35. The molecule has 1 aliphatic heterocycles. The Kier molecular flexibility index (Phi) is 4.77. The number of nitrogens with zero attached hydrogens (tertiary/aromatic N) is 4. The van der Waals surface area contributed by atoms with Crippen molar-refractivity contribution < 1.29 is 9.47 Å². The van der Waals surface area contributed by atoms with Crippen LogP contribution in [0.3, 0.4) is 0 Å². The molecule has 6 nitrogen and oxygen atoms in total. The predicted octanol–water partition coefficient (Wildman–Crippen LogP) is 4.83. The van der Waals surface area contributed by atoms with Gasteiger partial charge < -0.3 is 14.4 Å². The van der Waals surface area contributed by atoms with Crippen LogP contribution in [0.25, 0.3) is 22.3 Å². The zero-order valence-corrected chi connectivity index (χ0v) is 18.4. The number of pyridine rings is 1. The number of anilines is 1. The largest absolute Gasteiger partial charge is 0.496 e. The van der Waals surface area contributed by atoms with Gasteiger partial charge in [0.2, 0.25) is 0 Å². The first-order valence-electron chi connectivity index (χ1n) is 9.55. The van der Waals surface area contributed by atoms with Crippen LogP contribution in [0.1, 0.15) is 25.1 Å². The molecule has 0 saturated carbocycles. The molecule has 29 heavy (non-hydrogen) atoms. The van der Waals surface area contributed by atoms with Crippen molar-refractivity contribution in [2.75, 3.05) is 32.2 Å². The Morgan fingerprint density at radius 2 is 1.72 bits per heavy atom. The van der Waals surface area contributed by atoms with E-state index < -0.39 is 0 Å². The number of ether oxygens (including phenoxy) is 2. The first kappa shape index (κ1) is 19.7. The summed E-state index contributed by atoms with van der Waals surface area (Å²) in [5.74, 6) is 2.66. The van der Waals surface area contributed by atoms with Crippen LogP contribution < -0.4 is 14.4 Å². The highest BCUT2D eigenvalue weighted by atomic mass is 35.5. The minimum absolute atomic E-state index is 0.270. The van der Waals surface area contributed by atoms with Crippen molar-refractivity contribution >= 4 is 28.3 Å². The molecule has 2 aromatic heterocycles. The number of benzene rings is 1. The van der Waals surface area contributed by atoms with Crippen molar-refractivity contribution in [3.8, 4) is 22.9 Å². The van der Waals surface area contributed by atoms with Gasteiger partial charge in [-0.3, -0.25) is 4.98 Å². The Balaban J connectivity index is 1.98. The molecular weight excluding hydrogens is 388 g/mol. The lowest BCUT2D eigenvalue weighted by molar-refractivity contribution is 0.275. The van der Waals surface area contributed by atoms with Gasteiger partial charge in [-0.1, -0.05) is 25.4 Å². The summed E-state index contributed by atoms with van der Waals surface area (Å²) >= 11 is 6.69. The summed E-state index contributed by atoms with van der Waals surface area (Å²) in [7, 11) is 3.21. The van der Waals surface area contributed by atoms with Gasteiger partial charge in [0.25, 0.3) is 0 Å². The average molecular weight is 413 g/mol. The summed E-state index contributed by atoms with van der Waals surface area (Å²) in [4.78, 5) is 16.5. The van der Waals surface area contributed by atoms with Crippen LogP contribution in [0, 0.1) is 19.3 Å². The lowest BCUT2D eigenvalue weighted by Gasteiger charge is -2.47. The fourth-order valence-corrected chi connectivity index (χ4v) is 4.30. The highest BCUT2D eigenvalue weighted by Crippen LogP contribution is 2.43. The molecule has 0 spiro atoms. The molecule has 0 unspecified atom stereocenters. The fourth-order valence-electron chi connectivity index (χ4n) is 3.94. The molecule has 0 aliphatic carbocycles. The number of rotatable bonds is 4. The minimum atomic E-state index is 0.270. The topological polar surface area (TPSA) is 60.4 Å². The van der Waals surface area contributed by atoms with Crippen LogP contribution in [-0.4, -0.2) is 42.3 Å². The molecule has 0 N–H and O–H groups in total. The second kappa shape index (κ2) is 7.02. The van der Waals surface area contributed by atoms with Gasteiger partial charge in [-0.15, -0.1) is 0 Å². The zero-order valence-electron chi connectivity index (χ0n) is 17.6. The highest BCUT2D eigenvalue weighted by Gasteiger charge is 2.36. The van der Waals surface area contributed by atoms with E-state index in [-0.39, 0.29) is 5.41 Å². The molecule has 0 atom stereocenters. The summed E-state index contributed by atoms with van der Waals surface area (Å²) in [6.45, 7) is 10.3. The molecule has 1 aromatic carbocycles. The van der Waals surface area contributed by atoms with E-state index in [1.165, 1.54) is 0 Å². The molecular formula is C22H25ClN4O2. The molecule has 1 aliphatic rings. The molecule has 0 bridgehead atoms. The van der Waals surface area contributed by atoms with Gasteiger partial charge in [0.05, 0.1) is 31.0 Å². The number of aromatic nitrogens is 3. The van der Waals surface area contributed by atoms with E-state index in [0.717, 1.165) is 41.1 Å². The van der Waals surface area contributed by atoms with E-state index >= 15 is 0 Å². The van der Waals surface area contributed by atoms with Gasteiger partial charge in [-0.05, 0) is 25.3 Å². The third-order valence-corrected chi connectivity index (χ3v) is 5.72. The normalized spacial score (nSPS) is 15.3. The Bertz CT molecular complexity index is 1080. The van der Waals surface area contributed by atoms with Crippen LogP contribution in [0.2, 0.25) is 5.02 Å². The quantitative estimate of drug-likeness (QED) is 0.611. The average Bonchev–Trinajstić information content (AvgIpc) is 2.66. The van der Waals surface area contributed by atoms with E-state index in [0.29, 0.717) is 27.9 Å². The molecule has 1 fully saturated rings. The van der Waals surface area contributed by atoms with Crippen molar-refractivity contribution in [3.05, 3.63) is 34.6 Å². The van der Waals surface area contributed by atoms with Gasteiger partial charge in [-0.25, -0.2) is 9.97 Å². The molecule has 0 amide bonds. The minimum Gasteiger partial charge on any atom is -0.496 e. The van der Waals surface area contributed by atoms with Gasteiger partial charge in [-0.2, -0.15) is 0 Å². The summed E-state index contributed by atoms with van der Waals surface area (Å²) in [5, 5.41) is 1.47. The number of halogens is 1. The lowest BCUT2D eigenvalue weighted by Crippen LogP contribution is -2.53. The second-order valence-corrected chi connectivity index (χ2v) is 8.71. The molecule has 0 radical (unpaired) electrons. The van der Waals surface area contributed by atoms with Crippen LogP contribution in [0.4, 0.5) is 5.82 Å². The molecule has 7 heteroatoms. The molecule has 152 valence electrons. The van der Waals surface area contributed by atoms with E-state index in [2.05, 4.69) is 23.7 Å². The van der Waals surface area contributed by atoms with Crippen molar-refractivity contribution in [2.45, 2.75) is 27.7 Å². The second-order valence-electron chi connectivity index (χ2n) is 8.33. The summed E-state index contributed by atoms with van der Waals surface area (Å²) in [5.41, 5.74) is 3.58. The van der Waals surface area contributed by atoms with Crippen molar-refractivity contribution in [2.24, 2.45) is 5.41 Å². The summed E-state index contributed by atoms with van der Waals surface area (Å²) < 4.78 is 11.0. The van der Waals surface area contributed by atoms with Gasteiger partial charge in [0.15, 0.2) is 5.82 Å². The van der Waals surface area contributed by atoms with Crippen molar-refractivity contribution in [3.63, 3.8) is 0 Å². The SMILES string of the molecule is COc1cc(OC)c(Cl)c(-c2nc(N3CC(C)(C)C3)c3cc(C)ncc3n2)c1C.